The summed E-state index contributed by atoms with van der Waals surface area (Å²) in [5, 5.41) is 0. The average molecular weight is 305 g/mol. The van der Waals surface area contributed by atoms with E-state index in [2.05, 4.69) is 19.7 Å². The van der Waals surface area contributed by atoms with E-state index in [1.54, 1.807) is 17.1 Å². The highest BCUT2D eigenvalue weighted by molar-refractivity contribution is 6.94. The molecule has 1 rings (SSSR count). The second-order valence-corrected chi connectivity index (χ2v) is 16.0. The van der Waals surface area contributed by atoms with E-state index in [1.165, 1.54) is 0 Å². The van der Waals surface area contributed by atoms with Crippen molar-refractivity contribution in [3.8, 4) is 0 Å². The molecular formula is C9H20O4Si4. The van der Waals surface area contributed by atoms with Crippen molar-refractivity contribution in [1.82, 2.24) is 0 Å². The Morgan fingerprint density at radius 1 is 0.882 bits per heavy atom. The Hall–Kier alpha value is -0.0725. The van der Waals surface area contributed by atoms with Crippen molar-refractivity contribution in [2.24, 2.45) is 0 Å². The van der Waals surface area contributed by atoms with Gasteiger partial charge in [-0.2, -0.15) is 0 Å². The summed E-state index contributed by atoms with van der Waals surface area (Å²) in [6.07, 6.45) is 0. The Balaban J connectivity index is 3.04. The molecule has 1 atom stereocenters. The van der Waals surface area contributed by atoms with Crippen molar-refractivity contribution in [1.29, 1.82) is 0 Å². The van der Waals surface area contributed by atoms with Gasteiger partial charge in [-0.15, -0.1) is 19.7 Å². The highest BCUT2D eigenvalue weighted by Gasteiger charge is 2.47. The second-order valence-electron chi connectivity index (χ2n) is 4.36. The van der Waals surface area contributed by atoms with Crippen molar-refractivity contribution in [3.05, 3.63) is 36.8 Å². The highest BCUT2D eigenvalue weighted by atomic mass is 28.5. The Kier molecular flexibility index (Phi) is 4.65. The molecule has 0 N–H and O–H groups in total. The van der Waals surface area contributed by atoms with Gasteiger partial charge in [0, 0.05) is 0 Å². The molecule has 0 aromatic carbocycles. The minimum atomic E-state index is -2.58. The van der Waals surface area contributed by atoms with E-state index in [0.717, 1.165) is 0 Å². The predicted octanol–water partition coefficient (Wildman–Crippen LogP) is 1.46. The van der Waals surface area contributed by atoms with E-state index in [9.17, 15) is 0 Å². The van der Waals surface area contributed by atoms with E-state index < -0.39 is 35.7 Å². The maximum absolute atomic E-state index is 6.12. The number of rotatable bonds is 3. The van der Waals surface area contributed by atoms with Gasteiger partial charge in [0.05, 0.1) is 0 Å². The van der Waals surface area contributed by atoms with Gasteiger partial charge >= 0.3 is 25.7 Å². The summed E-state index contributed by atoms with van der Waals surface area (Å²) in [6.45, 7) is 17.3. The largest absolute Gasteiger partial charge is 0.420 e. The lowest BCUT2D eigenvalue weighted by Crippen LogP contribution is -2.60. The van der Waals surface area contributed by atoms with E-state index >= 15 is 0 Å². The van der Waals surface area contributed by atoms with Crippen LogP contribution in [0.25, 0.3) is 0 Å². The first-order chi connectivity index (χ1) is 7.80. The minimum absolute atomic E-state index is 1.12. The SMILES string of the molecule is C=C[Si]1(C)O[Si](C)(C)O[SiH2]O[Si](C=C)(C=C)O1. The molecule has 96 valence electrons. The topological polar surface area (TPSA) is 36.9 Å². The molecule has 0 amide bonds. The van der Waals surface area contributed by atoms with Gasteiger partial charge in [-0.1, -0.05) is 5.70 Å². The third-order valence-electron chi connectivity index (χ3n) is 2.44. The molecule has 0 saturated carbocycles. The zero-order valence-corrected chi connectivity index (χ0v) is 15.1. The number of hydrogen-bond donors (Lipinski definition) is 0. The fraction of sp³-hybridized carbons (Fsp3) is 0.333. The molecule has 1 unspecified atom stereocenters. The molecule has 17 heavy (non-hydrogen) atoms. The van der Waals surface area contributed by atoms with Crippen LogP contribution in [0.5, 0.6) is 0 Å². The van der Waals surface area contributed by atoms with Gasteiger partial charge in [0.25, 0.3) is 10.0 Å². The van der Waals surface area contributed by atoms with Crippen LogP contribution >= 0.6 is 0 Å². The van der Waals surface area contributed by atoms with Crippen LogP contribution in [0.15, 0.2) is 36.8 Å². The lowest BCUT2D eigenvalue weighted by Gasteiger charge is -2.41. The van der Waals surface area contributed by atoms with Crippen molar-refractivity contribution in [3.63, 3.8) is 0 Å². The molecule has 0 aliphatic carbocycles. The van der Waals surface area contributed by atoms with Crippen LogP contribution in [0.2, 0.25) is 19.6 Å². The highest BCUT2D eigenvalue weighted by Crippen LogP contribution is 2.26. The summed E-state index contributed by atoms with van der Waals surface area (Å²) in [7, 11) is -8.35. The predicted molar refractivity (Wildman–Crippen MR) is 78.3 cm³/mol. The van der Waals surface area contributed by atoms with Gasteiger partial charge in [0.15, 0.2) is 0 Å². The standard InChI is InChI=1S/C9H20O4Si4/c1-7-16(6)12-15(4,5)10-14-11-17(8-2,9-3)13-16/h7-9H,1-3,14H2,4-6H3. The molecular weight excluding hydrogens is 284 g/mol. The normalized spacial score (nSPS) is 33.4. The van der Waals surface area contributed by atoms with Gasteiger partial charge < -0.3 is 16.5 Å². The van der Waals surface area contributed by atoms with Gasteiger partial charge in [0.2, 0.25) is 0 Å². The second kappa shape index (κ2) is 5.28. The third kappa shape index (κ3) is 3.69. The smallest absolute Gasteiger partial charge is 0.373 e. The molecule has 1 aliphatic rings. The monoisotopic (exact) mass is 304 g/mol. The molecule has 8 heteroatoms. The first kappa shape index (κ1) is 15.0. The molecule has 1 saturated heterocycles. The molecule has 0 spiro atoms. The molecule has 0 bridgehead atoms. The average Bonchev–Trinajstić information content (AvgIpc) is 2.25. The Morgan fingerprint density at radius 3 is 1.94 bits per heavy atom. The summed E-state index contributed by atoms with van der Waals surface area (Å²) in [6, 6.07) is 0. The molecule has 1 heterocycles. The van der Waals surface area contributed by atoms with Crippen LogP contribution in [0, 0.1) is 0 Å². The Morgan fingerprint density at radius 2 is 1.47 bits per heavy atom. The molecule has 1 fully saturated rings. The van der Waals surface area contributed by atoms with Gasteiger partial charge in [-0.05, 0) is 31.0 Å². The summed E-state index contributed by atoms with van der Waals surface area (Å²) in [5.74, 6) is 0. The van der Waals surface area contributed by atoms with Crippen LogP contribution in [-0.4, -0.2) is 35.7 Å². The van der Waals surface area contributed by atoms with Crippen molar-refractivity contribution < 1.29 is 16.5 Å². The van der Waals surface area contributed by atoms with Gasteiger partial charge in [-0.25, -0.2) is 0 Å². The Bertz CT molecular complexity index is 325. The first-order valence-corrected chi connectivity index (χ1v) is 13.7. The zero-order chi connectivity index (χ0) is 13.2. The van der Waals surface area contributed by atoms with E-state index in [1.807, 2.05) is 19.6 Å². The summed E-state index contributed by atoms with van der Waals surface area (Å²) in [5.41, 5.74) is 5.19. The summed E-state index contributed by atoms with van der Waals surface area (Å²) < 4.78 is 23.8. The molecule has 4 nitrogen and oxygen atoms in total. The van der Waals surface area contributed by atoms with Crippen LogP contribution < -0.4 is 0 Å². The third-order valence-corrected chi connectivity index (χ3v) is 16.3. The molecule has 0 aromatic heterocycles. The van der Waals surface area contributed by atoms with Crippen molar-refractivity contribution in [2.45, 2.75) is 19.6 Å². The lowest BCUT2D eigenvalue weighted by atomic mass is 11.2. The van der Waals surface area contributed by atoms with Crippen LogP contribution in [0.1, 0.15) is 0 Å². The molecule has 0 aromatic rings. The van der Waals surface area contributed by atoms with Crippen molar-refractivity contribution in [2.75, 3.05) is 0 Å². The summed E-state index contributed by atoms with van der Waals surface area (Å²) >= 11 is 0. The van der Waals surface area contributed by atoms with Gasteiger partial charge in [0.1, 0.15) is 0 Å². The van der Waals surface area contributed by atoms with Crippen molar-refractivity contribution >= 4 is 35.7 Å². The Labute approximate surface area is 109 Å². The zero-order valence-electron chi connectivity index (χ0n) is 10.7. The lowest BCUT2D eigenvalue weighted by molar-refractivity contribution is 0.271. The van der Waals surface area contributed by atoms with Crippen LogP contribution in [0.4, 0.5) is 0 Å². The van der Waals surface area contributed by atoms with E-state index in [4.69, 9.17) is 16.5 Å². The van der Waals surface area contributed by atoms with E-state index in [0.29, 0.717) is 0 Å². The first-order valence-electron chi connectivity index (χ1n) is 5.39. The maximum atomic E-state index is 6.12. The fourth-order valence-electron chi connectivity index (χ4n) is 1.52. The summed E-state index contributed by atoms with van der Waals surface area (Å²) in [4.78, 5) is 0. The van der Waals surface area contributed by atoms with Gasteiger partial charge in [-0.3, -0.25) is 0 Å². The van der Waals surface area contributed by atoms with E-state index in [-0.39, 0.29) is 0 Å². The molecule has 0 radical (unpaired) electrons. The fourth-order valence-corrected chi connectivity index (χ4v) is 15.1. The minimum Gasteiger partial charge on any atom is -0.420 e. The molecule has 1 aliphatic heterocycles. The van der Waals surface area contributed by atoms with Crippen LogP contribution in [0.3, 0.4) is 0 Å². The maximum Gasteiger partial charge on any atom is 0.373 e. The van der Waals surface area contributed by atoms with Crippen LogP contribution in [-0.2, 0) is 16.5 Å². The number of hydrogen-bond acceptors (Lipinski definition) is 4. The quantitative estimate of drug-likeness (QED) is 0.740.